The number of hydrogen-bond donors (Lipinski definition) is 1. The third-order valence-electron chi connectivity index (χ3n) is 3.66. The van der Waals surface area contributed by atoms with E-state index in [0.29, 0.717) is 0 Å². The lowest BCUT2D eigenvalue weighted by Crippen LogP contribution is -2.43. The molecular formula is C18H15F4NO3. The Morgan fingerprint density at radius 1 is 1.08 bits per heavy atom. The van der Waals surface area contributed by atoms with Gasteiger partial charge in [-0.15, -0.1) is 0 Å². The van der Waals surface area contributed by atoms with Crippen LogP contribution in [0.1, 0.15) is 21.5 Å². The molecular weight excluding hydrogens is 354 g/mol. The molecule has 2 aromatic carbocycles. The van der Waals surface area contributed by atoms with E-state index < -0.39 is 41.9 Å². The van der Waals surface area contributed by atoms with Gasteiger partial charge in [0.1, 0.15) is 11.9 Å². The number of carbonyl (C=O) groups is 2. The van der Waals surface area contributed by atoms with Crippen LogP contribution in [0.4, 0.5) is 17.6 Å². The third kappa shape index (κ3) is 4.59. The quantitative estimate of drug-likeness (QED) is 0.650. The van der Waals surface area contributed by atoms with Crippen molar-refractivity contribution in [1.29, 1.82) is 0 Å². The van der Waals surface area contributed by atoms with E-state index in [0.717, 1.165) is 19.2 Å². The van der Waals surface area contributed by atoms with E-state index in [1.807, 2.05) is 0 Å². The van der Waals surface area contributed by atoms with Crippen molar-refractivity contribution >= 4 is 11.9 Å². The number of hydrogen-bond acceptors (Lipinski definition) is 3. The third-order valence-corrected chi connectivity index (χ3v) is 3.66. The summed E-state index contributed by atoms with van der Waals surface area (Å²) in [5.41, 5.74) is -1.44. The highest BCUT2D eigenvalue weighted by Gasteiger charge is 2.34. The van der Waals surface area contributed by atoms with Gasteiger partial charge in [0, 0.05) is 6.42 Å². The Kier molecular flexibility index (Phi) is 5.97. The number of carbonyl (C=O) groups excluding carboxylic acids is 2. The fraction of sp³-hybridized carbons (Fsp3) is 0.222. The van der Waals surface area contributed by atoms with E-state index in [9.17, 15) is 27.2 Å². The molecule has 138 valence electrons. The molecule has 0 aliphatic carbocycles. The van der Waals surface area contributed by atoms with Crippen molar-refractivity contribution in [3.63, 3.8) is 0 Å². The van der Waals surface area contributed by atoms with E-state index in [1.54, 1.807) is 0 Å². The van der Waals surface area contributed by atoms with Crippen molar-refractivity contribution in [1.82, 2.24) is 5.32 Å². The Morgan fingerprint density at radius 3 is 2.31 bits per heavy atom. The standard InChI is InChI=1S/C18H15F4NO3/c1-26-17(25)15(23-16(24)12-7-3-5-9-14(12)19)10-11-6-2-4-8-13(11)18(20,21)22/h2-9,15H,10H2,1H3,(H,23,24)/t15-/m1/s1. The predicted molar refractivity (Wildman–Crippen MR) is 84.8 cm³/mol. The van der Waals surface area contributed by atoms with Gasteiger partial charge in [0.15, 0.2) is 0 Å². The number of esters is 1. The lowest BCUT2D eigenvalue weighted by molar-refractivity contribution is -0.144. The van der Waals surface area contributed by atoms with E-state index in [4.69, 9.17) is 0 Å². The minimum absolute atomic E-state index is 0.191. The highest BCUT2D eigenvalue weighted by Crippen LogP contribution is 2.32. The first-order valence-corrected chi connectivity index (χ1v) is 7.52. The predicted octanol–water partition coefficient (Wildman–Crippen LogP) is 3.36. The zero-order valence-corrected chi connectivity index (χ0v) is 13.6. The number of rotatable bonds is 5. The highest BCUT2D eigenvalue weighted by molar-refractivity contribution is 5.97. The van der Waals surface area contributed by atoms with E-state index in [1.165, 1.54) is 36.4 Å². The van der Waals surface area contributed by atoms with E-state index >= 15 is 0 Å². The van der Waals surface area contributed by atoms with Crippen LogP contribution < -0.4 is 5.32 Å². The summed E-state index contributed by atoms with van der Waals surface area (Å²) in [6.45, 7) is 0. The van der Waals surface area contributed by atoms with Crippen LogP contribution in [0, 0.1) is 5.82 Å². The molecule has 0 saturated heterocycles. The van der Waals surface area contributed by atoms with Crippen molar-refractivity contribution in [2.24, 2.45) is 0 Å². The number of ether oxygens (including phenoxy) is 1. The smallest absolute Gasteiger partial charge is 0.416 e. The molecule has 0 unspecified atom stereocenters. The fourth-order valence-electron chi connectivity index (χ4n) is 2.41. The molecule has 0 aliphatic rings. The minimum Gasteiger partial charge on any atom is -0.467 e. The van der Waals surface area contributed by atoms with Crippen molar-refractivity contribution in [2.45, 2.75) is 18.6 Å². The second kappa shape index (κ2) is 7.99. The van der Waals surface area contributed by atoms with E-state index in [-0.39, 0.29) is 11.1 Å². The van der Waals surface area contributed by atoms with Crippen LogP contribution in [-0.2, 0) is 22.1 Å². The summed E-state index contributed by atoms with van der Waals surface area (Å²) in [6, 6.07) is 8.33. The summed E-state index contributed by atoms with van der Waals surface area (Å²) in [5, 5.41) is 2.23. The fourth-order valence-corrected chi connectivity index (χ4v) is 2.41. The molecule has 0 aliphatic heterocycles. The van der Waals surface area contributed by atoms with Crippen molar-refractivity contribution in [2.75, 3.05) is 7.11 Å². The van der Waals surface area contributed by atoms with Crippen LogP contribution in [0.15, 0.2) is 48.5 Å². The molecule has 26 heavy (non-hydrogen) atoms. The van der Waals surface area contributed by atoms with Gasteiger partial charge in [-0.2, -0.15) is 13.2 Å². The molecule has 0 radical (unpaired) electrons. The number of methoxy groups -OCH3 is 1. The number of halogens is 4. The minimum atomic E-state index is -4.62. The average Bonchev–Trinajstić information content (AvgIpc) is 2.60. The topological polar surface area (TPSA) is 55.4 Å². The van der Waals surface area contributed by atoms with Gasteiger partial charge < -0.3 is 10.1 Å². The molecule has 0 aromatic heterocycles. The molecule has 0 spiro atoms. The van der Waals surface area contributed by atoms with Gasteiger partial charge in [-0.25, -0.2) is 9.18 Å². The molecule has 2 aromatic rings. The number of nitrogens with one attached hydrogen (secondary N) is 1. The Balaban J connectivity index is 2.29. The number of benzene rings is 2. The summed E-state index contributed by atoms with van der Waals surface area (Å²) in [7, 11) is 1.04. The lowest BCUT2D eigenvalue weighted by Gasteiger charge is -2.19. The monoisotopic (exact) mass is 369 g/mol. The molecule has 4 nitrogen and oxygen atoms in total. The van der Waals surface area contributed by atoms with Gasteiger partial charge in [0.05, 0.1) is 18.2 Å². The Bertz CT molecular complexity index is 805. The first-order chi connectivity index (χ1) is 12.2. The summed E-state index contributed by atoms with van der Waals surface area (Å²) in [6.07, 6.45) is -5.07. The summed E-state index contributed by atoms with van der Waals surface area (Å²) in [5.74, 6) is -2.68. The second-order valence-corrected chi connectivity index (χ2v) is 5.39. The summed E-state index contributed by atoms with van der Waals surface area (Å²) < 4.78 is 57.6. The summed E-state index contributed by atoms with van der Waals surface area (Å²) in [4.78, 5) is 24.1. The number of amides is 1. The van der Waals surface area contributed by atoms with Gasteiger partial charge in [-0.3, -0.25) is 4.79 Å². The largest absolute Gasteiger partial charge is 0.467 e. The molecule has 0 saturated carbocycles. The number of alkyl halides is 3. The molecule has 1 N–H and O–H groups in total. The molecule has 8 heteroatoms. The molecule has 1 amide bonds. The van der Waals surface area contributed by atoms with E-state index in [2.05, 4.69) is 10.1 Å². The molecule has 2 rings (SSSR count). The van der Waals surface area contributed by atoms with Gasteiger partial charge in [-0.1, -0.05) is 30.3 Å². The average molecular weight is 369 g/mol. The van der Waals surface area contributed by atoms with Crippen molar-refractivity contribution < 1.29 is 31.9 Å². The maximum absolute atomic E-state index is 13.7. The van der Waals surface area contributed by atoms with Gasteiger partial charge in [0.25, 0.3) is 5.91 Å². The summed E-state index contributed by atoms with van der Waals surface area (Å²) >= 11 is 0. The zero-order chi connectivity index (χ0) is 19.3. The Hall–Kier alpha value is -2.90. The maximum Gasteiger partial charge on any atom is 0.416 e. The van der Waals surface area contributed by atoms with Crippen LogP contribution in [0.25, 0.3) is 0 Å². The van der Waals surface area contributed by atoms with Crippen molar-refractivity contribution in [3.05, 3.63) is 71.0 Å². The van der Waals surface area contributed by atoms with Crippen LogP contribution in [-0.4, -0.2) is 25.0 Å². The molecule has 1 atom stereocenters. The maximum atomic E-state index is 13.7. The second-order valence-electron chi connectivity index (χ2n) is 5.39. The van der Waals surface area contributed by atoms with Crippen LogP contribution in [0.2, 0.25) is 0 Å². The lowest BCUT2D eigenvalue weighted by atomic mass is 9.99. The van der Waals surface area contributed by atoms with Crippen molar-refractivity contribution in [3.8, 4) is 0 Å². The Morgan fingerprint density at radius 2 is 1.69 bits per heavy atom. The molecule has 0 fully saturated rings. The first kappa shape index (κ1) is 19.4. The Labute approximate surface area is 146 Å². The van der Waals surface area contributed by atoms with Gasteiger partial charge in [0.2, 0.25) is 0 Å². The van der Waals surface area contributed by atoms with Gasteiger partial charge >= 0.3 is 12.1 Å². The molecule has 0 bridgehead atoms. The zero-order valence-electron chi connectivity index (χ0n) is 13.6. The van der Waals surface area contributed by atoms with Crippen LogP contribution >= 0.6 is 0 Å². The first-order valence-electron chi connectivity index (χ1n) is 7.52. The van der Waals surface area contributed by atoms with Crippen LogP contribution in [0.5, 0.6) is 0 Å². The highest BCUT2D eigenvalue weighted by atomic mass is 19.4. The molecule has 0 heterocycles. The normalized spacial score (nSPS) is 12.3. The SMILES string of the molecule is COC(=O)[C@@H](Cc1ccccc1C(F)(F)F)NC(=O)c1ccccc1F. The van der Waals surface area contributed by atoms with Crippen LogP contribution in [0.3, 0.4) is 0 Å². The van der Waals surface area contributed by atoms with Gasteiger partial charge in [-0.05, 0) is 23.8 Å².